The number of hydrogen-bond donors (Lipinski definition) is 2. The van der Waals surface area contributed by atoms with Gasteiger partial charge in [0.15, 0.2) is 0 Å². The van der Waals surface area contributed by atoms with Crippen LogP contribution >= 0.6 is 0 Å². The lowest BCUT2D eigenvalue weighted by molar-refractivity contribution is 0.414. The topological polar surface area (TPSA) is 65.2 Å². The maximum Gasteiger partial charge on any atom is 0.215 e. The van der Waals surface area contributed by atoms with Crippen molar-refractivity contribution >= 4 is 20.9 Å². The van der Waals surface area contributed by atoms with E-state index >= 15 is 0 Å². The van der Waals surface area contributed by atoms with E-state index in [9.17, 15) is 8.42 Å². The number of nitrogens with one attached hydrogen (secondary N) is 2. The van der Waals surface area contributed by atoms with Gasteiger partial charge in [0.1, 0.15) is 0 Å². The van der Waals surface area contributed by atoms with Crippen molar-refractivity contribution in [1.29, 1.82) is 0 Å². The molecule has 0 radical (unpaired) electrons. The molecule has 0 bridgehead atoms. The van der Waals surface area contributed by atoms with E-state index < -0.39 is 16.5 Å². The Kier molecular flexibility index (Phi) is 3.36. The molecule has 0 aliphatic heterocycles. The molecule has 0 aliphatic carbocycles. The average Bonchev–Trinajstić information content (AvgIpc) is 2.74. The van der Waals surface area contributed by atoms with Crippen LogP contribution in [0.4, 0.5) is 0 Å². The summed E-state index contributed by atoms with van der Waals surface area (Å²) in [5.41, 5.74) is 1.84. The molecule has 2 N–H and O–H groups in total. The van der Waals surface area contributed by atoms with Crippen LogP contribution in [0.3, 0.4) is 0 Å². The normalized spacial score (nSPS) is 15.3. The number of benzene rings is 1. The lowest BCUT2D eigenvalue weighted by atomic mass is 10.1. The minimum Gasteiger partial charge on any atom is -0.361 e. The number of sulfonamides is 1. The van der Waals surface area contributed by atoms with Crippen molar-refractivity contribution in [2.45, 2.75) is 12.2 Å². The number of nitrogens with zero attached hydrogens (tertiary/aromatic N) is 1. The van der Waals surface area contributed by atoms with Crippen LogP contribution in [-0.2, 0) is 22.2 Å². The molecule has 0 saturated heterocycles. The van der Waals surface area contributed by atoms with Gasteiger partial charge in [-0.25, -0.2) is 13.1 Å². The van der Waals surface area contributed by atoms with E-state index in [1.807, 2.05) is 0 Å². The summed E-state index contributed by atoms with van der Waals surface area (Å²) in [4.78, 5) is 4.37. The van der Waals surface area contributed by atoms with Crippen LogP contribution in [0.25, 0.3) is 10.9 Å². The third-order valence-electron chi connectivity index (χ3n) is 3.00. The summed E-state index contributed by atoms with van der Waals surface area (Å²) in [6.45, 7) is -1.60. The lowest BCUT2D eigenvalue weighted by Gasteiger charge is -2.08. The molecule has 0 unspecified atom stereocenters. The molecule has 0 amide bonds. The zero-order valence-electron chi connectivity index (χ0n) is 14.8. The van der Waals surface area contributed by atoms with Gasteiger partial charge in [-0.05, 0) is 50.8 Å². The number of aromatic amines is 1. The molecule has 2 aromatic rings. The van der Waals surface area contributed by atoms with Crippen molar-refractivity contribution in [1.82, 2.24) is 14.6 Å². The molecular formula is C14H21N3O2S. The zero-order valence-corrected chi connectivity index (χ0v) is 12.6. The molecule has 0 saturated carbocycles. The fourth-order valence-electron chi connectivity index (χ4n) is 1.92. The van der Waals surface area contributed by atoms with Crippen molar-refractivity contribution in [3.05, 3.63) is 35.5 Å². The van der Waals surface area contributed by atoms with E-state index in [1.165, 1.54) is 11.9 Å². The SMILES string of the molecule is [2H]c1[nH]c2ccc(CS(=O)(=O)NC)cc2c1CC([2H])([2H])N(C)C. The Morgan fingerprint density at radius 3 is 2.85 bits per heavy atom. The molecule has 20 heavy (non-hydrogen) atoms. The first-order valence-electron chi connectivity index (χ1n) is 7.74. The van der Waals surface area contributed by atoms with E-state index in [4.69, 9.17) is 4.11 Å². The summed E-state index contributed by atoms with van der Waals surface area (Å²) in [5, 5.41) is 0.685. The number of aromatic nitrogens is 1. The van der Waals surface area contributed by atoms with Crippen molar-refractivity contribution in [3.63, 3.8) is 0 Å². The second kappa shape index (κ2) is 5.95. The first-order valence-corrected chi connectivity index (χ1v) is 7.90. The molecule has 1 aromatic carbocycles. The van der Waals surface area contributed by atoms with Gasteiger partial charge in [-0.1, -0.05) is 6.07 Å². The number of aryl methyl sites for hydroxylation is 1. The zero-order chi connectivity index (χ0) is 17.4. The van der Waals surface area contributed by atoms with Gasteiger partial charge in [0, 0.05) is 26.3 Å². The maximum atomic E-state index is 11.7. The average molecular weight is 298 g/mol. The standard InChI is InChI=1S/C14H21N3O2S/c1-15-20(18,19)10-11-4-5-14-13(8-11)12(9-16-14)6-7-17(2)3/h4-5,8-9,15-16H,6-7,10H2,1-3H3/i7D2,9D. The highest BCUT2D eigenvalue weighted by atomic mass is 32.2. The molecule has 2 rings (SSSR count). The first-order chi connectivity index (χ1) is 10.6. The van der Waals surface area contributed by atoms with Crippen LogP contribution in [-0.4, -0.2) is 45.9 Å². The van der Waals surface area contributed by atoms with E-state index in [0.717, 1.165) is 0 Å². The largest absolute Gasteiger partial charge is 0.361 e. The Hall–Kier alpha value is -1.37. The molecular weight excluding hydrogens is 274 g/mol. The van der Waals surface area contributed by atoms with Crippen LogP contribution in [0, 0.1) is 0 Å². The Morgan fingerprint density at radius 1 is 1.45 bits per heavy atom. The molecule has 5 nitrogen and oxygen atoms in total. The van der Waals surface area contributed by atoms with E-state index in [1.54, 1.807) is 32.3 Å². The summed E-state index contributed by atoms with van der Waals surface area (Å²) in [6, 6.07) is 5.12. The van der Waals surface area contributed by atoms with Gasteiger partial charge in [-0.15, -0.1) is 0 Å². The van der Waals surface area contributed by atoms with Gasteiger partial charge < -0.3 is 9.88 Å². The second-order valence-electron chi connectivity index (χ2n) is 4.80. The number of rotatable bonds is 6. The summed E-state index contributed by atoms with van der Waals surface area (Å²) in [7, 11) is 1.26. The molecule has 0 spiro atoms. The Labute approximate surface area is 124 Å². The van der Waals surface area contributed by atoms with Crippen LogP contribution in [0.5, 0.6) is 0 Å². The number of hydrogen-bond acceptors (Lipinski definition) is 3. The minimum absolute atomic E-state index is 0.0427. The van der Waals surface area contributed by atoms with Crippen LogP contribution in [0.2, 0.25) is 0 Å². The van der Waals surface area contributed by atoms with Crippen LogP contribution < -0.4 is 4.72 Å². The minimum atomic E-state index is -3.39. The summed E-state index contributed by atoms with van der Waals surface area (Å²) >= 11 is 0. The molecule has 0 atom stereocenters. The van der Waals surface area contributed by atoms with Crippen LogP contribution in [0.15, 0.2) is 24.4 Å². The molecule has 110 valence electrons. The third-order valence-corrected chi connectivity index (χ3v) is 4.33. The summed E-state index contributed by atoms with van der Waals surface area (Å²) in [6.07, 6.45) is 0.195. The van der Waals surface area contributed by atoms with Gasteiger partial charge in [0.25, 0.3) is 0 Å². The number of likely N-dealkylation sites (N-methyl/N-ethyl adjacent to an activating group) is 1. The predicted octanol–water partition coefficient (Wildman–Crippen LogP) is 1.32. The number of H-pyrrole nitrogens is 1. The van der Waals surface area contributed by atoms with Gasteiger partial charge in [0.2, 0.25) is 10.0 Å². The Balaban J connectivity index is 2.47. The molecule has 6 heteroatoms. The Morgan fingerprint density at radius 2 is 2.20 bits per heavy atom. The molecule has 1 aromatic heterocycles. The second-order valence-corrected chi connectivity index (χ2v) is 6.73. The van der Waals surface area contributed by atoms with Gasteiger partial charge in [-0.3, -0.25) is 0 Å². The monoisotopic (exact) mass is 298 g/mol. The smallest absolute Gasteiger partial charge is 0.215 e. The summed E-state index contributed by atoms with van der Waals surface area (Å²) in [5.74, 6) is -0.155. The van der Waals surface area contributed by atoms with E-state index in [-0.39, 0.29) is 18.3 Å². The highest BCUT2D eigenvalue weighted by molar-refractivity contribution is 7.88. The van der Waals surface area contributed by atoms with Crippen molar-refractivity contribution in [2.24, 2.45) is 0 Å². The van der Waals surface area contributed by atoms with Crippen molar-refractivity contribution < 1.29 is 12.5 Å². The number of fused-ring (bicyclic) bond motifs is 1. The van der Waals surface area contributed by atoms with Crippen LogP contribution in [0.1, 0.15) is 15.2 Å². The highest BCUT2D eigenvalue weighted by Gasteiger charge is 2.11. The fourth-order valence-corrected chi connectivity index (χ4v) is 2.68. The maximum absolute atomic E-state index is 11.7. The lowest BCUT2D eigenvalue weighted by Crippen LogP contribution is -2.20. The Bertz CT molecular complexity index is 816. The summed E-state index contributed by atoms with van der Waals surface area (Å²) < 4.78 is 49.8. The van der Waals surface area contributed by atoms with Gasteiger partial charge in [0.05, 0.1) is 7.12 Å². The quantitative estimate of drug-likeness (QED) is 0.845. The highest BCUT2D eigenvalue weighted by Crippen LogP contribution is 2.21. The molecule has 0 fully saturated rings. The molecule has 0 aliphatic rings. The van der Waals surface area contributed by atoms with E-state index in [0.29, 0.717) is 22.0 Å². The first kappa shape index (κ1) is 11.3. The fraction of sp³-hybridized carbons (Fsp3) is 0.429. The van der Waals surface area contributed by atoms with Gasteiger partial charge in [-0.2, -0.15) is 0 Å². The third kappa shape index (κ3) is 3.59. The van der Waals surface area contributed by atoms with Crippen molar-refractivity contribution in [3.8, 4) is 0 Å². The van der Waals surface area contributed by atoms with Gasteiger partial charge >= 0.3 is 0 Å². The predicted molar refractivity (Wildman–Crippen MR) is 82.2 cm³/mol. The van der Waals surface area contributed by atoms with Crippen molar-refractivity contribution in [2.75, 3.05) is 27.6 Å². The van der Waals surface area contributed by atoms with E-state index in [2.05, 4.69) is 9.71 Å². The molecule has 1 heterocycles.